The van der Waals surface area contributed by atoms with Gasteiger partial charge in [0.25, 0.3) is 5.91 Å². The third kappa shape index (κ3) is 5.40. The lowest BCUT2D eigenvalue weighted by Gasteiger charge is -2.14. The van der Waals surface area contributed by atoms with Gasteiger partial charge in [-0.3, -0.25) is 4.79 Å². The predicted octanol–water partition coefficient (Wildman–Crippen LogP) is 5.66. The molecule has 3 aromatic carbocycles. The number of benzene rings is 3. The molecule has 1 aliphatic carbocycles. The highest BCUT2D eigenvalue weighted by atomic mass is 19.1. The number of hydrogen-bond acceptors (Lipinski definition) is 2. The van der Waals surface area contributed by atoms with Crippen molar-refractivity contribution in [3.63, 3.8) is 0 Å². The van der Waals surface area contributed by atoms with E-state index in [1.54, 1.807) is 24.3 Å². The molecular formula is C27H28F2N2O. The van der Waals surface area contributed by atoms with Gasteiger partial charge >= 0.3 is 0 Å². The number of carbonyl (C=O) groups is 1. The van der Waals surface area contributed by atoms with Crippen LogP contribution >= 0.6 is 0 Å². The molecule has 2 N–H and O–H groups in total. The normalized spacial score (nSPS) is 18.0. The van der Waals surface area contributed by atoms with Gasteiger partial charge in [-0.25, -0.2) is 8.78 Å². The average Bonchev–Trinajstić information content (AvgIpc) is 3.26. The van der Waals surface area contributed by atoms with Crippen LogP contribution in [0.25, 0.3) is 22.3 Å². The fourth-order valence-electron chi connectivity index (χ4n) is 4.55. The number of amides is 1. The molecule has 166 valence electrons. The van der Waals surface area contributed by atoms with Gasteiger partial charge in [0.2, 0.25) is 0 Å². The van der Waals surface area contributed by atoms with Crippen LogP contribution in [-0.4, -0.2) is 26.0 Å². The van der Waals surface area contributed by atoms with Crippen molar-refractivity contribution in [1.82, 2.24) is 10.6 Å². The van der Waals surface area contributed by atoms with E-state index in [0.29, 0.717) is 23.9 Å². The molecule has 3 nitrogen and oxygen atoms in total. The maximum Gasteiger partial charge on any atom is 0.251 e. The summed E-state index contributed by atoms with van der Waals surface area (Å²) in [5, 5.41) is 6.34. The lowest BCUT2D eigenvalue weighted by Crippen LogP contribution is -2.28. The Bertz CT molecular complexity index is 1000. The van der Waals surface area contributed by atoms with Crippen LogP contribution in [0, 0.1) is 23.5 Å². The zero-order valence-electron chi connectivity index (χ0n) is 18.2. The largest absolute Gasteiger partial charge is 0.352 e. The summed E-state index contributed by atoms with van der Waals surface area (Å²) in [7, 11) is 1.97. The molecular weight excluding hydrogens is 406 g/mol. The fraction of sp³-hybridized carbons (Fsp3) is 0.296. The second-order valence-electron chi connectivity index (χ2n) is 8.63. The summed E-state index contributed by atoms with van der Waals surface area (Å²) in [4.78, 5) is 13.0. The summed E-state index contributed by atoms with van der Waals surface area (Å²) in [6.07, 6.45) is 3.44. The van der Waals surface area contributed by atoms with Crippen molar-refractivity contribution in [2.24, 2.45) is 11.8 Å². The van der Waals surface area contributed by atoms with Gasteiger partial charge in [0.05, 0.1) is 0 Å². The zero-order chi connectivity index (χ0) is 22.5. The molecule has 0 spiro atoms. The summed E-state index contributed by atoms with van der Waals surface area (Å²) in [6.45, 7) is 1.68. The van der Waals surface area contributed by atoms with Gasteiger partial charge in [0.15, 0.2) is 0 Å². The highest BCUT2D eigenvalue weighted by Gasteiger charge is 2.24. The molecule has 1 saturated carbocycles. The molecule has 0 aromatic heterocycles. The van der Waals surface area contributed by atoms with E-state index in [1.807, 2.05) is 25.2 Å². The number of halogens is 2. The molecule has 2 atom stereocenters. The number of carbonyl (C=O) groups excluding carboxylic acids is 1. The minimum atomic E-state index is -0.311. The quantitative estimate of drug-likeness (QED) is 0.503. The second-order valence-corrected chi connectivity index (χ2v) is 8.63. The van der Waals surface area contributed by atoms with E-state index in [2.05, 4.69) is 10.6 Å². The molecule has 0 heterocycles. The number of rotatable bonds is 7. The van der Waals surface area contributed by atoms with E-state index >= 15 is 0 Å². The van der Waals surface area contributed by atoms with Crippen LogP contribution in [0.3, 0.4) is 0 Å². The van der Waals surface area contributed by atoms with E-state index in [-0.39, 0.29) is 17.5 Å². The first-order chi connectivity index (χ1) is 15.5. The molecule has 5 heteroatoms. The van der Waals surface area contributed by atoms with Gasteiger partial charge in [0.1, 0.15) is 11.6 Å². The zero-order valence-corrected chi connectivity index (χ0v) is 18.2. The van der Waals surface area contributed by atoms with Crippen molar-refractivity contribution < 1.29 is 13.6 Å². The molecule has 3 aromatic rings. The Morgan fingerprint density at radius 2 is 1.28 bits per heavy atom. The van der Waals surface area contributed by atoms with Gasteiger partial charge in [-0.1, -0.05) is 24.3 Å². The molecule has 4 rings (SSSR count). The van der Waals surface area contributed by atoms with Crippen LogP contribution in [0.2, 0.25) is 0 Å². The maximum atomic E-state index is 13.4. The van der Waals surface area contributed by atoms with Gasteiger partial charge in [-0.2, -0.15) is 0 Å². The number of hydrogen-bond donors (Lipinski definition) is 2. The van der Waals surface area contributed by atoms with Crippen LogP contribution in [0.5, 0.6) is 0 Å². The summed E-state index contributed by atoms with van der Waals surface area (Å²) in [5.74, 6) is 0.418. The van der Waals surface area contributed by atoms with E-state index in [9.17, 15) is 13.6 Å². The van der Waals surface area contributed by atoms with Gasteiger partial charge in [0, 0.05) is 12.1 Å². The Hall–Kier alpha value is -3.05. The van der Waals surface area contributed by atoms with Crippen molar-refractivity contribution in [3.05, 3.63) is 83.9 Å². The van der Waals surface area contributed by atoms with Crippen molar-refractivity contribution in [2.45, 2.75) is 19.3 Å². The maximum absolute atomic E-state index is 13.4. The minimum absolute atomic E-state index is 0.130. The highest BCUT2D eigenvalue weighted by Crippen LogP contribution is 2.31. The third-order valence-corrected chi connectivity index (χ3v) is 6.24. The summed E-state index contributed by atoms with van der Waals surface area (Å²) < 4.78 is 26.8. The summed E-state index contributed by atoms with van der Waals surface area (Å²) >= 11 is 0. The predicted molar refractivity (Wildman–Crippen MR) is 124 cm³/mol. The molecule has 0 bridgehead atoms. The second kappa shape index (κ2) is 10.0. The average molecular weight is 435 g/mol. The van der Waals surface area contributed by atoms with Crippen LogP contribution in [0.4, 0.5) is 8.78 Å². The first-order valence-electron chi connectivity index (χ1n) is 11.1. The topological polar surface area (TPSA) is 41.1 Å². The smallest absolute Gasteiger partial charge is 0.251 e. The van der Waals surface area contributed by atoms with Crippen LogP contribution in [-0.2, 0) is 0 Å². The van der Waals surface area contributed by atoms with Crippen molar-refractivity contribution in [1.29, 1.82) is 0 Å². The van der Waals surface area contributed by atoms with Crippen molar-refractivity contribution >= 4 is 5.91 Å². The standard InChI is InChI=1S/C27H28F2N2O/c1-30-16-18-2-3-19(12-18)17-31-27(32)24-14-22(20-4-8-25(28)9-5-20)13-23(15-24)21-6-10-26(29)11-7-21/h4-11,13-15,18-19,30H,2-3,12,16-17H2,1H3,(H,31,32)/t18-,19+/m1/s1. The summed E-state index contributed by atoms with van der Waals surface area (Å²) in [6, 6.07) is 18.0. The van der Waals surface area contributed by atoms with Crippen LogP contribution in [0.15, 0.2) is 66.7 Å². The summed E-state index contributed by atoms with van der Waals surface area (Å²) in [5.41, 5.74) is 3.79. The molecule has 0 radical (unpaired) electrons. The lowest BCUT2D eigenvalue weighted by atomic mass is 9.95. The third-order valence-electron chi connectivity index (χ3n) is 6.24. The van der Waals surface area contributed by atoms with E-state index in [0.717, 1.165) is 41.6 Å². The molecule has 32 heavy (non-hydrogen) atoms. The Kier molecular flexibility index (Phi) is 6.96. The van der Waals surface area contributed by atoms with Crippen molar-refractivity contribution in [2.75, 3.05) is 20.1 Å². The monoisotopic (exact) mass is 434 g/mol. The molecule has 1 fully saturated rings. The lowest BCUT2D eigenvalue weighted by molar-refractivity contribution is 0.0947. The van der Waals surface area contributed by atoms with Gasteiger partial charge in [-0.05, 0) is 109 Å². The van der Waals surface area contributed by atoms with Gasteiger partial charge in [-0.15, -0.1) is 0 Å². The molecule has 0 saturated heterocycles. The number of nitrogens with one attached hydrogen (secondary N) is 2. The van der Waals surface area contributed by atoms with Gasteiger partial charge < -0.3 is 10.6 Å². The van der Waals surface area contributed by atoms with E-state index in [1.165, 1.54) is 30.7 Å². The Morgan fingerprint density at radius 3 is 1.78 bits per heavy atom. The van der Waals surface area contributed by atoms with E-state index in [4.69, 9.17) is 0 Å². The molecule has 1 amide bonds. The Morgan fingerprint density at radius 1 is 0.781 bits per heavy atom. The first kappa shape index (κ1) is 22.2. The van der Waals surface area contributed by atoms with E-state index < -0.39 is 0 Å². The SMILES string of the molecule is CNC[C@@H]1CC[C@H](CNC(=O)c2cc(-c3ccc(F)cc3)cc(-c3ccc(F)cc3)c2)C1. The minimum Gasteiger partial charge on any atom is -0.352 e. The Labute approximate surface area is 187 Å². The van der Waals surface area contributed by atoms with Crippen LogP contribution in [0.1, 0.15) is 29.6 Å². The first-order valence-corrected chi connectivity index (χ1v) is 11.1. The highest BCUT2D eigenvalue weighted by molar-refractivity contribution is 5.97. The Balaban J connectivity index is 1.58. The van der Waals surface area contributed by atoms with Crippen molar-refractivity contribution in [3.8, 4) is 22.3 Å². The fourth-order valence-corrected chi connectivity index (χ4v) is 4.55. The molecule has 0 aliphatic heterocycles. The molecule has 1 aliphatic rings. The molecule has 0 unspecified atom stereocenters. The van der Waals surface area contributed by atoms with Crippen LogP contribution < -0.4 is 10.6 Å².